The van der Waals surface area contributed by atoms with Crippen molar-refractivity contribution in [2.75, 3.05) is 7.11 Å². The summed E-state index contributed by atoms with van der Waals surface area (Å²) in [6.45, 7) is 1.72. The minimum absolute atomic E-state index is 0.348. The molecule has 0 N–H and O–H groups in total. The summed E-state index contributed by atoms with van der Waals surface area (Å²) in [5.41, 5.74) is 0.458. The third-order valence-electron chi connectivity index (χ3n) is 1.09. The van der Waals surface area contributed by atoms with E-state index < -0.39 is 0 Å². The summed E-state index contributed by atoms with van der Waals surface area (Å²) in [6.07, 6.45) is 2.99. The molecule has 3 nitrogen and oxygen atoms in total. The van der Waals surface area contributed by atoms with Gasteiger partial charge in [-0.25, -0.2) is 4.79 Å². The predicted molar refractivity (Wildman–Crippen MR) is 34.9 cm³/mol. The van der Waals surface area contributed by atoms with Gasteiger partial charge >= 0.3 is 5.97 Å². The van der Waals surface area contributed by atoms with Crippen LogP contribution in [0.2, 0.25) is 0 Å². The van der Waals surface area contributed by atoms with Gasteiger partial charge in [-0.05, 0) is 13.0 Å². The van der Waals surface area contributed by atoms with Gasteiger partial charge in [0.15, 0.2) is 0 Å². The standard InChI is InChI=1S/C7H8O3/c1-5-3-6(4-9-2)7(8)10-5/h3-4H,1-2H3. The van der Waals surface area contributed by atoms with Crippen molar-refractivity contribution in [2.45, 2.75) is 6.92 Å². The number of carbonyl (C=O) groups is 1. The van der Waals surface area contributed by atoms with Gasteiger partial charge < -0.3 is 9.47 Å². The van der Waals surface area contributed by atoms with Crippen molar-refractivity contribution in [2.24, 2.45) is 0 Å². The number of rotatable bonds is 1. The minimum Gasteiger partial charge on any atom is -0.503 e. The smallest absolute Gasteiger partial charge is 0.346 e. The maximum Gasteiger partial charge on any atom is 0.346 e. The second kappa shape index (κ2) is 2.56. The number of hydrogen-bond acceptors (Lipinski definition) is 3. The lowest BCUT2D eigenvalue weighted by Gasteiger charge is -1.91. The third kappa shape index (κ3) is 1.18. The number of methoxy groups -OCH3 is 1. The average molecular weight is 140 g/mol. The maximum absolute atomic E-state index is 10.8. The van der Waals surface area contributed by atoms with Crippen LogP contribution in [-0.4, -0.2) is 13.1 Å². The molecule has 1 rings (SSSR count). The van der Waals surface area contributed by atoms with Gasteiger partial charge in [-0.1, -0.05) is 0 Å². The van der Waals surface area contributed by atoms with Crippen LogP contribution in [0.15, 0.2) is 23.7 Å². The average Bonchev–Trinajstić information content (AvgIpc) is 2.13. The molecule has 0 spiro atoms. The van der Waals surface area contributed by atoms with Crippen LogP contribution in [0.4, 0.5) is 0 Å². The van der Waals surface area contributed by atoms with E-state index in [1.807, 2.05) is 0 Å². The number of hydrogen-bond donors (Lipinski definition) is 0. The highest BCUT2D eigenvalue weighted by Crippen LogP contribution is 2.15. The van der Waals surface area contributed by atoms with E-state index in [1.165, 1.54) is 13.4 Å². The van der Waals surface area contributed by atoms with Crippen molar-refractivity contribution in [1.29, 1.82) is 0 Å². The molecule has 0 saturated carbocycles. The quantitative estimate of drug-likeness (QED) is 0.309. The lowest BCUT2D eigenvalue weighted by molar-refractivity contribution is -0.133. The van der Waals surface area contributed by atoms with Crippen molar-refractivity contribution < 1.29 is 14.3 Å². The first kappa shape index (κ1) is 6.86. The first-order valence-corrected chi connectivity index (χ1v) is 2.87. The second-order valence-corrected chi connectivity index (χ2v) is 1.95. The topological polar surface area (TPSA) is 35.5 Å². The van der Waals surface area contributed by atoms with E-state index in [4.69, 9.17) is 4.74 Å². The van der Waals surface area contributed by atoms with Gasteiger partial charge in [0.1, 0.15) is 5.76 Å². The summed E-state index contributed by atoms with van der Waals surface area (Å²) >= 11 is 0. The van der Waals surface area contributed by atoms with Crippen molar-refractivity contribution in [3.05, 3.63) is 23.7 Å². The van der Waals surface area contributed by atoms with Crippen molar-refractivity contribution in [1.82, 2.24) is 0 Å². The Hall–Kier alpha value is -1.25. The summed E-state index contributed by atoms with van der Waals surface area (Å²) in [6, 6.07) is 0. The number of esters is 1. The second-order valence-electron chi connectivity index (χ2n) is 1.95. The Kier molecular flexibility index (Phi) is 1.76. The molecule has 0 bridgehead atoms. The minimum atomic E-state index is -0.348. The summed E-state index contributed by atoms with van der Waals surface area (Å²) in [4.78, 5) is 10.8. The number of ether oxygens (including phenoxy) is 2. The molecule has 0 aromatic heterocycles. The molecule has 1 heterocycles. The van der Waals surface area contributed by atoms with Crippen LogP contribution in [0.3, 0.4) is 0 Å². The normalized spacial score (nSPS) is 20.8. The molecule has 0 unspecified atom stereocenters. The lowest BCUT2D eigenvalue weighted by Crippen LogP contribution is -1.96. The molecule has 1 aliphatic rings. The fourth-order valence-corrected chi connectivity index (χ4v) is 0.722. The Bertz CT molecular complexity index is 213. The van der Waals surface area contributed by atoms with Crippen LogP contribution in [0, 0.1) is 0 Å². The number of cyclic esters (lactones) is 1. The Morgan fingerprint density at radius 2 is 2.40 bits per heavy atom. The Labute approximate surface area is 58.9 Å². The first-order chi connectivity index (χ1) is 4.74. The van der Waals surface area contributed by atoms with Gasteiger partial charge in [-0.2, -0.15) is 0 Å². The lowest BCUT2D eigenvalue weighted by atomic mass is 10.3. The summed E-state index contributed by atoms with van der Waals surface area (Å²) in [5.74, 6) is 0.257. The molecular formula is C7H8O3. The maximum atomic E-state index is 10.8. The predicted octanol–water partition coefficient (Wildman–Crippen LogP) is 0.977. The van der Waals surface area contributed by atoms with Crippen LogP contribution >= 0.6 is 0 Å². The Morgan fingerprint density at radius 3 is 2.80 bits per heavy atom. The summed E-state index contributed by atoms with van der Waals surface area (Å²) in [7, 11) is 1.49. The van der Waals surface area contributed by atoms with E-state index in [2.05, 4.69) is 4.74 Å². The molecule has 0 amide bonds. The molecule has 0 saturated heterocycles. The summed E-state index contributed by atoms with van der Waals surface area (Å²) in [5, 5.41) is 0. The molecule has 54 valence electrons. The van der Waals surface area contributed by atoms with Gasteiger partial charge in [-0.3, -0.25) is 0 Å². The molecule has 0 aromatic carbocycles. The molecule has 0 radical (unpaired) electrons. The van der Waals surface area contributed by atoms with E-state index in [0.717, 1.165) is 0 Å². The van der Waals surface area contributed by atoms with Crippen molar-refractivity contribution in [3.63, 3.8) is 0 Å². The van der Waals surface area contributed by atoms with Gasteiger partial charge in [0, 0.05) is 0 Å². The van der Waals surface area contributed by atoms with Crippen LogP contribution < -0.4 is 0 Å². The highest BCUT2D eigenvalue weighted by molar-refractivity contribution is 5.94. The van der Waals surface area contributed by atoms with Crippen molar-refractivity contribution >= 4 is 5.97 Å². The highest BCUT2D eigenvalue weighted by Gasteiger charge is 2.17. The number of allylic oxidation sites excluding steroid dienone is 1. The Morgan fingerprint density at radius 1 is 1.70 bits per heavy atom. The molecule has 0 aromatic rings. The van der Waals surface area contributed by atoms with E-state index in [0.29, 0.717) is 11.3 Å². The third-order valence-corrected chi connectivity index (χ3v) is 1.09. The number of carbonyl (C=O) groups excluding carboxylic acids is 1. The van der Waals surface area contributed by atoms with E-state index >= 15 is 0 Å². The zero-order valence-corrected chi connectivity index (χ0v) is 5.88. The van der Waals surface area contributed by atoms with Crippen LogP contribution in [-0.2, 0) is 14.3 Å². The van der Waals surface area contributed by atoms with Gasteiger partial charge in [0.05, 0.1) is 18.9 Å². The van der Waals surface area contributed by atoms with E-state index in [-0.39, 0.29) is 5.97 Å². The van der Waals surface area contributed by atoms with Gasteiger partial charge in [-0.15, -0.1) is 0 Å². The van der Waals surface area contributed by atoms with Crippen LogP contribution in [0.25, 0.3) is 0 Å². The van der Waals surface area contributed by atoms with Crippen molar-refractivity contribution in [3.8, 4) is 0 Å². The molecule has 0 atom stereocenters. The van der Waals surface area contributed by atoms with E-state index in [1.54, 1.807) is 13.0 Å². The molecule has 10 heavy (non-hydrogen) atoms. The van der Waals surface area contributed by atoms with Crippen LogP contribution in [0.5, 0.6) is 0 Å². The van der Waals surface area contributed by atoms with Crippen LogP contribution in [0.1, 0.15) is 6.92 Å². The fourth-order valence-electron chi connectivity index (χ4n) is 0.722. The van der Waals surface area contributed by atoms with E-state index in [9.17, 15) is 4.79 Å². The zero-order chi connectivity index (χ0) is 7.56. The first-order valence-electron chi connectivity index (χ1n) is 2.87. The van der Waals surface area contributed by atoms with Gasteiger partial charge in [0.25, 0.3) is 0 Å². The molecule has 1 aliphatic heterocycles. The molecule has 3 heteroatoms. The molecule has 0 fully saturated rings. The molecular weight excluding hydrogens is 132 g/mol. The monoisotopic (exact) mass is 140 g/mol. The summed E-state index contributed by atoms with van der Waals surface area (Å²) < 4.78 is 9.34. The SMILES string of the molecule is COC=C1C=C(C)OC1=O. The fraction of sp³-hybridized carbons (Fsp3) is 0.286. The zero-order valence-electron chi connectivity index (χ0n) is 5.88. The van der Waals surface area contributed by atoms with Gasteiger partial charge in [0.2, 0.25) is 0 Å². The largest absolute Gasteiger partial charge is 0.503 e. The highest BCUT2D eigenvalue weighted by atomic mass is 16.5. The Balaban J connectivity index is 2.79. The molecule has 0 aliphatic carbocycles.